The fourth-order valence-electron chi connectivity index (χ4n) is 2.92. The zero-order valence-corrected chi connectivity index (χ0v) is 14.1. The molecule has 1 heterocycles. The molecule has 1 aromatic heterocycles. The number of pyridine rings is 1. The Kier molecular flexibility index (Phi) is 4.44. The van der Waals surface area contributed by atoms with Crippen molar-refractivity contribution in [3.8, 4) is 11.5 Å². The summed E-state index contributed by atoms with van der Waals surface area (Å²) >= 11 is 0. The van der Waals surface area contributed by atoms with E-state index in [2.05, 4.69) is 4.98 Å². The minimum absolute atomic E-state index is 0.407. The van der Waals surface area contributed by atoms with E-state index in [4.69, 9.17) is 14.2 Å². The summed E-state index contributed by atoms with van der Waals surface area (Å²) in [5, 5.41) is 12.8. The summed E-state index contributed by atoms with van der Waals surface area (Å²) in [6.45, 7) is 0. The molecule has 0 radical (unpaired) electrons. The highest BCUT2D eigenvalue weighted by molar-refractivity contribution is 5.88. The zero-order valence-electron chi connectivity index (χ0n) is 14.1. The molecule has 5 nitrogen and oxygen atoms in total. The number of fused-ring (bicyclic) bond motifs is 1. The first kappa shape index (κ1) is 16.3. The lowest BCUT2D eigenvalue weighted by Crippen LogP contribution is -2.30. The quantitative estimate of drug-likeness (QED) is 0.915. The molecule has 126 valence electrons. The molecule has 3 rings (SSSR count). The van der Waals surface area contributed by atoms with Crippen molar-refractivity contribution in [2.45, 2.75) is 18.4 Å². The Balaban J connectivity index is 1.98. The topological polar surface area (TPSA) is 60.8 Å². The number of aromatic nitrogens is 1. The van der Waals surface area contributed by atoms with Crippen molar-refractivity contribution in [3.63, 3.8) is 0 Å². The minimum Gasteiger partial charge on any atom is -0.497 e. The van der Waals surface area contributed by atoms with Crippen LogP contribution in [0.25, 0.3) is 10.8 Å². The van der Waals surface area contributed by atoms with Gasteiger partial charge < -0.3 is 19.3 Å². The van der Waals surface area contributed by atoms with Gasteiger partial charge in [0, 0.05) is 24.4 Å². The predicted octanol–water partition coefficient (Wildman–Crippen LogP) is 3.02. The van der Waals surface area contributed by atoms with Crippen molar-refractivity contribution >= 4 is 10.8 Å². The Hall–Kier alpha value is -2.53. The van der Waals surface area contributed by atoms with Gasteiger partial charge >= 0.3 is 0 Å². The molecule has 0 bridgehead atoms. The van der Waals surface area contributed by atoms with Crippen LogP contribution in [0.5, 0.6) is 11.5 Å². The summed E-state index contributed by atoms with van der Waals surface area (Å²) in [5.74, 6) is 2.08. The third-order valence-electron chi connectivity index (χ3n) is 4.27. The molecular weight excluding hydrogens is 306 g/mol. The maximum Gasteiger partial charge on any atom is 0.161 e. The van der Waals surface area contributed by atoms with Gasteiger partial charge in [-0.15, -0.1) is 0 Å². The van der Waals surface area contributed by atoms with E-state index >= 15 is 0 Å². The highest BCUT2D eigenvalue weighted by atomic mass is 16.5. The van der Waals surface area contributed by atoms with Crippen LogP contribution in [0, 0.1) is 0 Å². The molecule has 1 atom stereocenters. The van der Waals surface area contributed by atoms with Crippen molar-refractivity contribution in [1.29, 1.82) is 0 Å². The van der Waals surface area contributed by atoms with Gasteiger partial charge in [0.15, 0.2) is 11.5 Å². The number of ether oxygens (including phenoxy) is 3. The van der Waals surface area contributed by atoms with Crippen LogP contribution in [0.15, 0.2) is 48.4 Å². The van der Waals surface area contributed by atoms with Gasteiger partial charge in [0.05, 0.1) is 32.6 Å². The number of aliphatic hydroxyl groups is 1. The average molecular weight is 327 g/mol. The minimum atomic E-state index is -0.976. The van der Waals surface area contributed by atoms with Gasteiger partial charge in [-0.3, -0.25) is 4.98 Å². The van der Waals surface area contributed by atoms with Crippen molar-refractivity contribution in [2.24, 2.45) is 0 Å². The largest absolute Gasteiger partial charge is 0.497 e. The van der Waals surface area contributed by atoms with Gasteiger partial charge in [0.2, 0.25) is 0 Å². The van der Waals surface area contributed by atoms with Gasteiger partial charge in [-0.1, -0.05) is 0 Å². The fraction of sp³-hybridized carbons (Fsp3) is 0.316. The Morgan fingerprint density at radius 2 is 1.88 bits per heavy atom. The third-order valence-corrected chi connectivity index (χ3v) is 4.27. The maximum absolute atomic E-state index is 10.8. The van der Waals surface area contributed by atoms with Gasteiger partial charge in [-0.05, 0) is 41.8 Å². The molecule has 5 heteroatoms. The van der Waals surface area contributed by atoms with Crippen LogP contribution in [0.1, 0.15) is 12.1 Å². The van der Waals surface area contributed by atoms with Crippen LogP contribution in [-0.2, 0) is 11.2 Å². The number of rotatable bonds is 5. The average Bonchev–Trinajstić information content (AvgIpc) is 2.61. The van der Waals surface area contributed by atoms with Gasteiger partial charge in [-0.2, -0.15) is 0 Å². The molecule has 0 saturated carbocycles. The normalized spacial score (nSPS) is 19.9. The van der Waals surface area contributed by atoms with Crippen molar-refractivity contribution in [1.82, 2.24) is 4.98 Å². The lowest BCUT2D eigenvalue weighted by atomic mass is 9.88. The molecular formula is C19H21NO4. The van der Waals surface area contributed by atoms with Crippen LogP contribution < -0.4 is 9.47 Å². The van der Waals surface area contributed by atoms with Crippen LogP contribution >= 0.6 is 0 Å². The Morgan fingerprint density at radius 1 is 1.12 bits per heavy atom. The molecule has 1 aliphatic rings. The first-order valence-corrected chi connectivity index (χ1v) is 7.74. The first-order valence-electron chi connectivity index (χ1n) is 7.74. The molecule has 0 aliphatic heterocycles. The van der Waals surface area contributed by atoms with Crippen molar-refractivity contribution in [2.75, 3.05) is 21.3 Å². The SMILES string of the molecule is COC1=CC[C@@](O)(Cc2nccc3cc(OC)c(OC)cc23)C=C1. The van der Waals surface area contributed by atoms with Crippen molar-refractivity contribution in [3.05, 3.63) is 54.1 Å². The summed E-state index contributed by atoms with van der Waals surface area (Å²) in [6.07, 6.45) is 8.08. The number of benzene rings is 1. The molecule has 0 spiro atoms. The molecule has 0 saturated heterocycles. The molecule has 0 amide bonds. The lowest BCUT2D eigenvalue weighted by molar-refractivity contribution is 0.0897. The van der Waals surface area contributed by atoms with E-state index in [-0.39, 0.29) is 0 Å². The highest BCUT2D eigenvalue weighted by Crippen LogP contribution is 2.35. The molecule has 0 fully saturated rings. The molecule has 1 aliphatic carbocycles. The van der Waals surface area contributed by atoms with E-state index in [1.165, 1.54) is 0 Å². The van der Waals surface area contributed by atoms with Crippen LogP contribution in [0.4, 0.5) is 0 Å². The number of allylic oxidation sites excluding steroid dienone is 1. The van der Waals surface area contributed by atoms with Gasteiger partial charge in [0.1, 0.15) is 5.76 Å². The summed E-state index contributed by atoms with van der Waals surface area (Å²) in [4.78, 5) is 4.47. The Bertz CT molecular complexity index is 812. The Labute approximate surface area is 141 Å². The smallest absolute Gasteiger partial charge is 0.161 e. The number of methoxy groups -OCH3 is 3. The highest BCUT2D eigenvalue weighted by Gasteiger charge is 2.27. The second kappa shape index (κ2) is 6.53. The van der Waals surface area contributed by atoms with Gasteiger partial charge in [-0.25, -0.2) is 0 Å². The summed E-state index contributed by atoms with van der Waals surface area (Å²) in [5.41, 5.74) is -0.161. The maximum atomic E-state index is 10.8. The Morgan fingerprint density at radius 3 is 2.50 bits per heavy atom. The van der Waals surface area contributed by atoms with Crippen LogP contribution in [0.2, 0.25) is 0 Å². The molecule has 24 heavy (non-hydrogen) atoms. The first-order chi connectivity index (χ1) is 11.6. The van der Waals surface area contributed by atoms with E-state index in [9.17, 15) is 5.11 Å². The monoisotopic (exact) mass is 327 g/mol. The number of nitrogens with zero attached hydrogens (tertiary/aromatic N) is 1. The predicted molar refractivity (Wildman–Crippen MR) is 92.3 cm³/mol. The zero-order chi connectivity index (χ0) is 17.2. The summed E-state index contributed by atoms with van der Waals surface area (Å²) in [6, 6.07) is 5.75. The number of hydrogen-bond donors (Lipinski definition) is 1. The van der Waals surface area contributed by atoms with Crippen molar-refractivity contribution < 1.29 is 19.3 Å². The summed E-state index contributed by atoms with van der Waals surface area (Å²) in [7, 11) is 4.84. The second-order valence-electron chi connectivity index (χ2n) is 5.81. The number of hydrogen-bond acceptors (Lipinski definition) is 5. The standard InChI is InChI=1S/C19H21NO4/c1-22-14-4-7-19(21,8-5-14)12-16-15-11-18(24-3)17(23-2)10-13(15)6-9-20-16/h4-7,9-11,21H,8,12H2,1-3H3/t19-/m1/s1. The van der Waals surface area contributed by atoms with E-state index in [0.717, 1.165) is 22.2 Å². The van der Waals surface area contributed by atoms with E-state index in [1.54, 1.807) is 39.7 Å². The van der Waals surface area contributed by atoms with Crippen LogP contribution in [0.3, 0.4) is 0 Å². The second-order valence-corrected chi connectivity index (χ2v) is 5.81. The fourth-order valence-corrected chi connectivity index (χ4v) is 2.92. The van der Waals surface area contributed by atoms with E-state index < -0.39 is 5.60 Å². The lowest BCUT2D eigenvalue weighted by Gasteiger charge is -2.26. The molecule has 2 aromatic rings. The molecule has 0 unspecified atom stereocenters. The van der Waals surface area contributed by atoms with E-state index in [1.807, 2.05) is 24.3 Å². The summed E-state index contributed by atoms with van der Waals surface area (Å²) < 4.78 is 15.9. The van der Waals surface area contributed by atoms with Crippen LogP contribution in [-0.4, -0.2) is 37.0 Å². The molecule has 1 aromatic carbocycles. The third kappa shape index (κ3) is 3.08. The van der Waals surface area contributed by atoms with E-state index in [0.29, 0.717) is 24.3 Å². The van der Waals surface area contributed by atoms with Gasteiger partial charge in [0.25, 0.3) is 0 Å². The molecule has 1 N–H and O–H groups in total.